The van der Waals surface area contributed by atoms with Crippen LogP contribution in [0.4, 0.5) is 10.1 Å². The van der Waals surface area contributed by atoms with Gasteiger partial charge in [0.2, 0.25) is 0 Å². The highest BCUT2D eigenvalue weighted by Crippen LogP contribution is 2.26. The Bertz CT molecular complexity index is 815. The lowest BCUT2D eigenvalue weighted by molar-refractivity contribution is 0.629. The Labute approximate surface area is 128 Å². The van der Waals surface area contributed by atoms with E-state index in [0.717, 1.165) is 15.7 Å². The van der Waals surface area contributed by atoms with E-state index in [0.29, 0.717) is 11.5 Å². The van der Waals surface area contributed by atoms with Gasteiger partial charge in [-0.2, -0.15) is 4.68 Å². The SMILES string of the molecule is Cc1ccc(-n2nnnc2-c2cc(N)ccc2F)cc1Br. The van der Waals surface area contributed by atoms with Gasteiger partial charge in [0.15, 0.2) is 5.82 Å². The lowest BCUT2D eigenvalue weighted by Gasteiger charge is -2.07. The number of nitrogens with two attached hydrogens (primary N) is 1. The summed E-state index contributed by atoms with van der Waals surface area (Å²) < 4.78 is 16.4. The summed E-state index contributed by atoms with van der Waals surface area (Å²) in [6.45, 7) is 1.98. The summed E-state index contributed by atoms with van der Waals surface area (Å²) in [6.07, 6.45) is 0. The highest BCUT2D eigenvalue weighted by atomic mass is 79.9. The molecule has 2 aromatic carbocycles. The maximum absolute atomic E-state index is 14.0. The van der Waals surface area contributed by atoms with Crippen molar-refractivity contribution in [2.75, 3.05) is 5.73 Å². The van der Waals surface area contributed by atoms with Crippen molar-refractivity contribution in [1.29, 1.82) is 0 Å². The number of anilines is 1. The molecule has 0 spiro atoms. The summed E-state index contributed by atoms with van der Waals surface area (Å²) in [7, 11) is 0. The summed E-state index contributed by atoms with van der Waals surface area (Å²) in [5, 5.41) is 11.5. The molecule has 0 aliphatic heterocycles. The maximum Gasteiger partial charge on any atom is 0.190 e. The van der Waals surface area contributed by atoms with Crippen LogP contribution in [0.25, 0.3) is 17.1 Å². The number of rotatable bonds is 2. The van der Waals surface area contributed by atoms with Crippen LogP contribution >= 0.6 is 15.9 Å². The lowest BCUT2D eigenvalue weighted by Crippen LogP contribution is -2.02. The van der Waals surface area contributed by atoms with Gasteiger partial charge in [-0.3, -0.25) is 0 Å². The third-order valence-electron chi connectivity index (χ3n) is 3.10. The average Bonchev–Trinajstić information content (AvgIpc) is 2.93. The van der Waals surface area contributed by atoms with E-state index in [-0.39, 0.29) is 5.56 Å². The highest BCUT2D eigenvalue weighted by molar-refractivity contribution is 9.10. The predicted octanol–water partition coefficient (Wildman–Crippen LogP) is 3.12. The number of aryl methyl sites for hydroxylation is 1. The van der Waals surface area contributed by atoms with Crippen LogP contribution in [-0.4, -0.2) is 20.2 Å². The van der Waals surface area contributed by atoms with E-state index < -0.39 is 5.82 Å². The molecule has 0 fully saturated rings. The third-order valence-corrected chi connectivity index (χ3v) is 3.96. The Hall–Kier alpha value is -2.28. The van der Waals surface area contributed by atoms with E-state index in [1.807, 2.05) is 25.1 Å². The number of aromatic nitrogens is 4. The lowest BCUT2D eigenvalue weighted by atomic mass is 10.1. The van der Waals surface area contributed by atoms with Gasteiger partial charge in [-0.15, -0.1) is 5.10 Å². The van der Waals surface area contributed by atoms with E-state index in [9.17, 15) is 4.39 Å². The molecule has 1 heterocycles. The Morgan fingerprint density at radius 3 is 2.76 bits per heavy atom. The summed E-state index contributed by atoms with van der Waals surface area (Å²) in [6, 6.07) is 9.98. The van der Waals surface area contributed by atoms with Crippen molar-refractivity contribution in [3.8, 4) is 17.1 Å². The zero-order valence-corrected chi connectivity index (χ0v) is 12.7. The van der Waals surface area contributed by atoms with Crippen molar-refractivity contribution in [3.63, 3.8) is 0 Å². The van der Waals surface area contributed by atoms with Gasteiger partial charge in [0, 0.05) is 10.2 Å². The van der Waals surface area contributed by atoms with Gasteiger partial charge >= 0.3 is 0 Å². The van der Waals surface area contributed by atoms with Crippen molar-refractivity contribution >= 4 is 21.6 Å². The molecule has 3 aromatic rings. The number of tetrazole rings is 1. The fourth-order valence-corrected chi connectivity index (χ4v) is 2.32. The molecule has 106 valence electrons. The van der Waals surface area contributed by atoms with Crippen LogP contribution < -0.4 is 5.73 Å². The first kappa shape index (κ1) is 13.7. The Morgan fingerprint density at radius 1 is 1.19 bits per heavy atom. The van der Waals surface area contributed by atoms with Crippen molar-refractivity contribution in [2.24, 2.45) is 0 Å². The minimum atomic E-state index is -0.425. The maximum atomic E-state index is 14.0. The van der Waals surface area contributed by atoms with Crippen molar-refractivity contribution in [1.82, 2.24) is 20.2 Å². The number of hydrogen-bond acceptors (Lipinski definition) is 4. The van der Waals surface area contributed by atoms with Crippen LogP contribution in [0.3, 0.4) is 0 Å². The molecule has 0 aliphatic rings. The van der Waals surface area contributed by atoms with Crippen LogP contribution in [0.2, 0.25) is 0 Å². The van der Waals surface area contributed by atoms with Crippen LogP contribution in [0, 0.1) is 12.7 Å². The van der Waals surface area contributed by atoms with E-state index in [1.165, 1.54) is 22.9 Å². The molecule has 0 aliphatic carbocycles. The Morgan fingerprint density at radius 2 is 2.00 bits per heavy atom. The fourth-order valence-electron chi connectivity index (χ4n) is 1.96. The van der Waals surface area contributed by atoms with Crippen molar-refractivity contribution in [3.05, 3.63) is 52.3 Å². The van der Waals surface area contributed by atoms with Gasteiger partial charge in [0.05, 0.1) is 11.3 Å². The molecular weight excluding hydrogens is 337 g/mol. The smallest absolute Gasteiger partial charge is 0.190 e. The minimum absolute atomic E-state index is 0.261. The Balaban J connectivity index is 2.17. The first-order valence-electron chi connectivity index (χ1n) is 6.16. The van der Waals surface area contributed by atoms with Crippen LogP contribution in [0.15, 0.2) is 40.9 Å². The average molecular weight is 348 g/mol. The monoisotopic (exact) mass is 347 g/mol. The molecule has 0 amide bonds. The highest BCUT2D eigenvalue weighted by Gasteiger charge is 2.15. The van der Waals surface area contributed by atoms with Gasteiger partial charge in [-0.05, 0) is 53.2 Å². The Kier molecular flexibility index (Phi) is 3.42. The third kappa shape index (κ3) is 2.52. The second-order valence-corrected chi connectivity index (χ2v) is 5.44. The normalized spacial score (nSPS) is 10.8. The van der Waals surface area contributed by atoms with Crippen LogP contribution in [-0.2, 0) is 0 Å². The van der Waals surface area contributed by atoms with Crippen LogP contribution in [0.5, 0.6) is 0 Å². The molecule has 0 radical (unpaired) electrons. The molecule has 21 heavy (non-hydrogen) atoms. The molecule has 0 saturated heterocycles. The summed E-state index contributed by atoms with van der Waals surface area (Å²) in [5.41, 5.74) is 8.24. The largest absolute Gasteiger partial charge is 0.399 e. The summed E-state index contributed by atoms with van der Waals surface area (Å²) in [5.74, 6) is -0.123. The summed E-state index contributed by atoms with van der Waals surface area (Å²) >= 11 is 3.46. The van der Waals surface area contributed by atoms with E-state index in [4.69, 9.17) is 5.73 Å². The van der Waals surface area contributed by atoms with Gasteiger partial charge in [0.1, 0.15) is 5.82 Å². The summed E-state index contributed by atoms with van der Waals surface area (Å²) in [4.78, 5) is 0. The van der Waals surface area contributed by atoms with E-state index >= 15 is 0 Å². The number of halogens is 2. The van der Waals surface area contributed by atoms with Gasteiger partial charge in [0.25, 0.3) is 0 Å². The van der Waals surface area contributed by atoms with E-state index in [2.05, 4.69) is 31.5 Å². The minimum Gasteiger partial charge on any atom is -0.399 e. The number of benzene rings is 2. The predicted molar refractivity (Wildman–Crippen MR) is 81.4 cm³/mol. The van der Waals surface area contributed by atoms with Crippen LogP contribution in [0.1, 0.15) is 5.56 Å². The van der Waals surface area contributed by atoms with Gasteiger partial charge < -0.3 is 5.73 Å². The molecule has 2 N–H and O–H groups in total. The zero-order chi connectivity index (χ0) is 15.0. The van der Waals surface area contributed by atoms with E-state index in [1.54, 1.807) is 0 Å². The zero-order valence-electron chi connectivity index (χ0n) is 11.1. The second kappa shape index (κ2) is 5.25. The second-order valence-electron chi connectivity index (χ2n) is 4.59. The van der Waals surface area contributed by atoms with Crippen molar-refractivity contribution < 1.29 is 4.39 Å². The van der Waals surface area contributed by atoms with Gasteiger partial charge in [-0.25, -0.2) is 4.39 Å². The number of nitrogens with zero attached hydrogens (tertiary/aromatic N) is 4. The molecule has 3 rings (SSSR count). The molecule has 1 aromatic heterocycles. The fraction of sp³-hybridized carbons (Fsp3) is 0.0714. The quantitative estimate of drug-likeness (QED) is 0.723. The molecule has 5 nitrogen and oxygen atoms in total. The number of hydrogen-bond donors (Lipinski definition) is 1. The molecule has 0 saturated carbocycles. The standard InChI is InChI=1S/C14H11BrFN5/c1-8-2-4-10(7-12(8)15)21-14(18-19-20-21)11-6-9(17)3-5-13(11)16/h2-7H,17H2,1H3. The first-order valence-corrected chi connectivity index (χ1v) is 6.96. The molecular formula is C14H11BrFN5. The molecule has 0 atom stereocenters. The topological polar surface area (TPSA) is 69.6 Å². The molecule has 0 bridgehead atoms. The molecule has 7 heteroatoms. The molecule has 0 unspecified atom stereocenters. The van der Waals surface area contributed by atoms with Crippen molar-refractivity contribution in [2.45, 2.75) is 6.92 Å². The first-order chi connectivity index (χ1) is 10.1. The van der Waals surface area contributed by atoms with Gasteiger partial charge in [-0.1, -0.05) is 22.0 Å². The number of nitrogen functional groups attached to an aromatic ring is 1.